The zero-order valence-corrected chi connectivity index (χ0v) is 10.1. The summed E-state index contributed by atoms with van der Waals surface area (Å²) in [4.78, 5) is 7.91. The molecule has 0 N–H and O–H groups in total. The van der Waals surface area contributed by atoms with E-state index < -0.39 is 0 Å². The van der Waals surface area contributed by atoms with Crippen molar-refractivity contribution in [3.63, 3.8) is 0 Å². The molecule has 2 aromatic heterocycles. The predicted molar refractivity (Wildman–Crippen MR) is 71.9 cm³/mol. The Labute approximate surface area is 107 Å². The summed E-state index contributed by atoms with van der Waals surface area (Å²) in [5.41, 5.74) is 2.30. The van der Waals surface area contributed by atoms with Crippen LogP contribution in [0.3, 0.4) is 0 Å². The van der Waals surface area contributed by atoms with E-state index >= 15 is 0 Å². The summed E-state index contributed by atoms with van der Waals surface area (Å²) in [6.45, 7) is 0. The molecule has 0 radical (unpaired) electrons. The molecule has 0 spiro atoms. The highest BCUT2D eigenvalue weighted by atomic mass is 35.5. The van der Waals surface area contributed by atoms with Crippen LogP contribution in [0.1, 0.15) is 11.1 Å². The third kappa shape index (κ3) is 4.43. The van der Waals surface area contributed by atoms with Crippen molar-refractivity contribution in [2.45, 2.75) is 0 Å². The molecule has 0 saturated carbocycles. The first-order chi connectivity index (χ1) is 6.95. The van der Waals surface area contributed by atoms with Gasteiger partial charge in [-0.2, -0.15) is 0 Å². The van der Waals surface area contributed by atoms with Gasteiger partial charge in [-0.1, -0.05) is 12.2 Å². The van der Waals surface area contributed by atoms with Crippen LogP contribution in [-0.2, 0) is 0 Å². The second-order valence-electron chi connectivity index (χ2n) is 2.89. The van der Waals surface area contributed by atoms with Crippen LogP contribution in [-0.4, -0.2) is 9.97 Å². The second kappa shape index (κ2) is 7.85. The Balaban J connectivity index is 0.00000112. The van der Waals surface area contributed by atoms with Gasteiger partial charge in [0.1, 0.15) is 0 Å². The van der Waals surface area contributed by atoms with E-state index in [1.807, 2.05) is 24.3 Å². The first-order valence-electron chi connectivity index (χ1n) is 4.43. The Morgan fingerprint density at radius 2 is 0.938 bits per heavy atom. The van der Waals surface area contributed by atoms with Crippen molar-refractivity contribution in [1.82, 2.24) is 9.97 Å². The molecule has 0 aliphatic heterocycles. The van der Waals surface area contributed by atoms with Crippen molar-refractivity contribution < 1.29 is 0 Å². The van der Waals surface area contributed by atoms with Gasteiger partial charge in [0, 0.05) is 24.8 Å². The van der Waals surface area contributed by atoms with Crippen LogP contribution in [0.4, 0.5) is 0 Å². The highest BCUT2D eigenvalue weighted by Crippen LogP contribution is 2.05. The molecule has 2 nitrogen and oxygen atoms in total. The molecule has 0 bridgehead atoms. The SMILES string of the molecule is C(=C\c1ccncc1)/c1ccncc1.Cl.Cl. The maximum Gasteiger partial charge on any atom is 0.0273 e. The lowest BCUT2D eigenvalue weighted by molar-refractivity contribution is 1.32. The molecule has 0 amide bonds. The zero-order valence-electron chi connectivity index (χ0n) is 8.48. The van der Waals surface area contributed by atoms with Crippen LogP contribution in [0.15, 0.2) is 49.1 Å². The summed E-state index contributed by atoms with van der Waals surface area (Å²) in [6.07, 6.45) is 11.2. The summed E-state index contributed by atoms with van der Waals surface area (Å²) in [5, 5.41) is 0. The van der Waals surface area contributed by atoms with Gasteiger partial charge >= 0.3 is 0 Å². The molecule has 4 heteroatoms. The lowest BCUT2D eigenvalue weighted by Gasteiger charge is -1.92. The van der Waals surface area contributed by atoms with Crippen molar-refractivity contribution in [2.24, 2.45) is 0 Å². The average molecular weight is 255 g/mol. The van der Waals surface area contributed by atoms with E-state index in [2.05, 4.69) is 22.1 Å². The minimum absolute atomic E-state index is 0. The third-order valence-electron chi connectivity index (χ3n) is 1.88. The lowest BCUT2D eigenvalue weighted by atomic mass is 10.2. The minimum atomic E-state index is 0. The van der Waals surface area contributed by atoms with E-state index in [-0.39, 0.29) is 24.8 Å². The van der Waals surface area contributed by atoms with Gasteiger partial charge in [-0.05, 0) is 35.4 Å². The molecule has 0 fully saturated rings. The fourth-order valence-corrected chi connectivity index (χ4v) is 1.14. The Morgan fingerprint density at radius 1 is 0.625 bits per heavy atom. The van der Waals surface area contributed by atoms with E-state index in [1.165, 1.54) is 0 Å². The molecule has 0 saturated heterocycles. The van der Waals surface area contributed by atoms with Gasteiger partial charge in [-0.3, -0.25) is 9.97 Å². The van der Waals surface area contributed by atoms with Gasteiger partial charge in [0.15, 0.2) is 0 Å². The molecule has 0 aliphatic carbocycles. The fraction of sp³-hybridized carbons (Fsp3) is 0. The summed E-state index contributed by atoms with van der Waals surface area (Å²) in [6, 6.07) is 7.88. The largest absolute Gasteiger partial charge is 0.265 e. The number of hydrogen-bond acceptors (Lipinski definition) is 2. The zero-order chi connectivity index (χ0) is 9.64. The molecule has 0 unspecified atom stereocenters. The monoisotopic (exact) mass is 254 g/mol. The highest BCUT2D eigenvalue weighted by molar-refractivity contribution is 5.85. The smallest absolute Gasteiger partial charge is 0.0273 e. The van der Waals surface area contributed by atoms with E-state index in [4.69, 9.17) is 0 Å². The molecular formula is C12H12Cl2N2. The number of aromatic nitrogens is 2. The van der Waals surface area contributed by atoms with Gasteiger partial charge < -0.3 is 0 Å². The minimum Gasteiger partial charge on any atom is -0.265 e. The van der Waals surface area contributed by atoms with Crippen LogP contribution in [0.5, 0.6) is 0 Å². The van der Waals surface area contributed by atoms with Gasteiger partial charge in [-0.25, -0.2) is 0 Å². The maximum atomic E-state index is 3.96. The molecule has 0 aromatic carbocycles. The van der Waals surface area contributed by atoms with Crippen molar-refractivity contribution in [3.05, 3.63) is 60.2 Å². The lowest BCUT2D eigenvalue weighted by Crippen LogP contribution is -1.74. The van der Waals surface area contributed by atoms with Crippen molar-refractivity contribution in [3.8, 4) is 0 Å². The van der Waals surface area contributed by atoms with E-state index in [0.29, 0.717) is 0 Å². The Hall–Kier alpha value is -1.38. The van der Waals surface area contributed by atoms with Crippen molar-refractivity contribution in [2.75, 3.05) is 0 Å². The second-order valence-corrected chi connectivity index (χ2v) is 2.89. The Bertz CT molecular complexity index is 374. The average Bonchev–Trinajstić information content (AvgIpc) is 2.29. The van der Waals surface area contributed by atoms with Crippen LogP contribution < -0.4 is 0 Å². The van der Waals surface area contributed by atoms with E-state index in [9.17, 15) is 0 Å². The summed E-state index contributed by atoms with van der Waals surface area (Å²) in [7, 11) is 0. The molecule has 0 atom stereocenters. The van der Waals surface area contributed by atoms with Crippen LogP contribution in [0, 0.1) is 0 Å². The maximum absolute atomic E-state index is 3.96. The summed E-state index contributed by atoms with van der Waals surface area (Å²) >= 11 is 0. The molecule has 0 aliphatic rings. The number of rotatable bonds is 2. The molecule has 2 rings (SSSR count). The molecule has 16 heavy (non-hydrogen) atoms. The number of hydrogen-bond donors (Lipinski definition) is 0. The van der Waals surface area contributed by atoms with E-state index in [1.54, 1.807) is 24.8 Å². The summed E-state index contributed by atoms with van der Waals surface area (Å²) < 4.78 is 0. The first kappa shape index (κ1) is 14.6. The standard InChI is InChI=1S/C12H10N2.2ClH/c1(11-3-7-13-8-4-11)2-12-5-9-14-10-6-12;;/h1-10H;2*1H/b2-1+;;. The predicted octanol–water partition coefficient (Wildman–Crippen LogP) is 3.49. The molecule has 84 valence electrons. The van der Waals surface area contributed by atoms with Crippen molar-refractivity contribution >= 4 is 37.0 Å². The van der Waals surface area contributed by atoms with Crippen LogP contribution >= 0.6 is 24.8 Å². The van der Waals surface area contributed by atoms with Crippen LogP contribution in [0.25, 0.3) is 12.2 Å². The number of halogens is 2. The fourth-order valence-electron chi connectivity index (χ4n) is 1.14. The highest BCUT2D eigenvalue weighted by Gasteiger charge is 1.85. The van der Waals surface area contributed by atoms with Gasteiger partial charge in [-0.15, -0.1) is 24.8 Å². The Kier molecular flexibility index (Phi) is 7.18. The molecule has 2 aromatic rings. The van der Waals surface area contributed by atoms with Crippen molar-refractivity contribution in [1.29, 1.82) is 0 Å². The van der Waals surface area contributed by atoms with Gasteiger partial charge in [0.2, 0.25) is 0 Å². The van der Waals surface area contributed by atoms with E-state index in [0.717, 1.165) is 11.1 Å². The van der Waals surface area contributed by atoms with Gasteiger partial charge in [0.05, 0.1) is 0 Å². The molecular weight excluding hydrogens is 243 g/mol. The number of pyridine rings is 2. The first-order valence-corrected chi connectivity index (χ1v) is 4.43. The topological polar surface area (TPSA) is 25.8 Å². The van der Waals surface area contributed by atoms with Crippen LogP contribution in [0.2, 0.25) is 0 Å². The third-order valence-corrected chi connectivity index (χ3v) is 1.88. The quantitative estimate of drug-likeness (QED) is 0.820. The molecule has 2 heterocycles. The number of nitrogens with zero attached hydrogens (tertiary/aromatic N) is 2. The normalized spacial score (nSPS) is 9.25. The van der Waals surface area contributed by atoms with Gasteiger partial charge in [0.25, 0.3) is 0 Å². The Morgan fingerprint density at radius 3 is 1.25 bits per heavy atom. The summed E-state index contributed by atoms with van der Waals surface area (Å²) in [5.74, 6) is 0.